The number of cyclic esters (lactones) is 1. The summed E-state index contributed by atoms with van der Waals surface area (Å²) in [4.78, 5) is 16.8. The maximum absolute atomic E-state index is 12.4. The third-order valence-electron chi connectivity index (χ3n) is 5.19. The molecule has 0 saturated carbocycles. The lowest BCUT2D eigenvalue weighted by molar-refractivity contribution is -0.129. The maximum atomic E-state index is 12.4. The summed E-state index contributed by atoms with van der Waals surface area (Å²) in [5.41, 5.74) is 5.22. The van der Waals surface area contributed by atoms with Crippen molar-refractivity contribution in [2.24, 2.45) is 4.99 Å². The highest BCUT2D eigenvalue weighted by molar-refractivity contribution is 14.1. The first-order valence-electron chi connectivity index (χ1n) is 10.7. The Hall–Kier alpha value is -3.13. The molecule has 0 aliphatic carbocycles. The van der Waals surface area contributed by atoms with Crippen LogP contribution in [0, 0.1) is 17.4 Å². The second-order valence-electron chi connectivity index (χ2n) is 7.68. The number of carbonyl (C=O) groups is 1. The van der Waals surface area contributed by atoms with Gasteiger partial charge in [-0.1, -0.05) is 42.0 Å². The van der Waals surface area contributed by atoms with Crippen molar-refractivity contribution in [1.29, 1.82) is 0 Å². The van der Waals surface area contributed by atoms with Crippen molar-refractivity contribution in [1.82, 2.24) is 0 Å². The van der Waals surface area contributed by atoms with Gasteiger partial charge < -0.3 is 14.2 Å². The first-order valence-corrected chi connectivity index (χ1v) is 11.8. The van der Waals surface area contributed by atoms with Crippen LogP contribution < -0.4 is 9.47 Å². The number of carbonyl (C=O) groups excluding carboxylic acids is 1. The van der Waals surface area contributed by atoms with Crippen molar-refractivity contribution in [3.05, 3.63) is 97.7 Å². The summed E-state index contributed by atoms with van der Waals surface area (Å²) in [6.45, 7) is 6.93. The number of hydrogen-bond acceptors (Lipinski definition) is 5. The van der Waals surface area contributed by atoms with Crippen molar-refractivity contribution in [2.45, 2.75) is 27.4 Å². The number of hydrogen-bond donors (Lipinski definition) is 0. The van der Waals surface area contributed by atoms with E-state index in [4.69, 9.17) is 14.2 Å². The monoisotopic (exact) mass is 553 g/mol. The number of benzene rings is 3. The van der Waals surface area contributed by atoms with Gasteiger partial charge in [-0.15, -0.1) is 0 Å². The van der Waals surface area contributed by atoms with E-state index in [2.05, 4.69) is 46.6 Å². The lowest BCUT2D eigenvalue weighted by atomic mass is 10.1. The Morgan fingerprint density at radius 3 is 2.52 bits per heavy atom. The molecule has 0 spiro atoms. The summed E-state index contributed by atoms with van der Waals surface area (Å²) in [5.74, 6) is 1.14. The maximum Gasteiger partial charge on any atom is 0.363 e. The van der Waals surface area contributed by atoms with Crippen molar-refractivity contribution < 1.29 is 19.0 Å². The van der Waals surface area contributed by atoms with Gasteiger partial charge in [0.2, 0.25) is 5.90 Å². The van der Waals surface area contributed by atoms with E-state index in [0.29, 0.717) is 30.6 Å². The van der Waals surface area contributed by atoms with Crippen LogP contribution in [0.3, 0.4) is 0 Å². The molecule has 1 aliphatic heterocycles. The Morgan fingerprint density at radius 1 is 1.03 bits per heavy atom. The number of nitrogens with zero attached hydrogens (tertiary/aromatic N) is 1. The fourth-order valence-corrected chi connectivity index (χ4v) is 4.16. The number of aryl methyl sites for hydroxylation is 2. The number of rotatable bonds is 7. The molecule has 3 aromatic rings. The minimum atomic E-state index is -0.474. The molecule has 0 atom stereocenters. The van der Waals surface area contributed by atoms with Crippen LogP contribution in [0.2, 0.25) is 0 Å². The van der Waals surface area contributed by atoms with Gasteiger partial charge in [-0.3, -0.25) is 0 Å². The standard InChI is InChI=1S/C27H24INO4/c1-4-31-24-15-19(13-22(28)25(24)32-16-21-8-6-5-7-18(21)3)14-23-27(30)33-26(29-23)20-11-9-17(2)10-12-20/h5-15H,4,16H2,1-3H3/b23-14-. The predicted molar refractivity (Wildman–Crippen MR) is 138 cm³/mol. The molecular formula is C27H24INO4. The molecule has 5 nitrogen and oxygen atoms in total. The van der Waals surface area contributed by atoms with Gasteiger partial charge >= 0.3 is 5.97 Å². The Balaban J connectivity index is 1.61. The molecule has 0 aromatic heterocycles. The average molecular weight is 553 g/mol. The van der Waals surface area contributed by atoms with Crippen LogP contribution in [0.4, 0.5) is 0 Å². The average Bonchev–Trinajstić information content (AvgIpc) is 3.15. The van der Waals surface area contributed by atoms with Gasteiger partial charge in [-0.05, 0) is 90.4 Å². The van der Waals surface area contributed by atoms with Gasteiger partial charge in [0.1, 0.15) is 6.61 Å². The van der Waals surface area contributed by atoms with Crippen LogP contribution in [0.5, 0.6) is 11.5 Å². The molecule has 33 heavy (non-hydrogen) atoms. The highest BCUT2D eigenvalue weighted by Gasteiger charge is 2.24. The van der Waals surface area contributed by atoms with Crippen molar-refractivity contribution in [2.75, 3.05) is 6.61 Å². The molecule has 1 heterocycles. The Kier molecular flexibility index (Phi) is 7.13. The highest BCUT2D eigenvalue weighted by Crippen LogP contribution is 2.36. The van der Waals surface area contributed by atoms with E-state index in [1.165, 1.54) is 5.56 Å². The highest BCUT2D eigenvalue weighted by atomic mass is 127. The lowest BCUT2D eigenvalue weighted by Crippen LogP contribution is -2.05. The van der Waals surface area contributed by atoms with Crippen molar-refractivity contribution in [3.8, 4) is 11.5 Å². The molecule has 4 rings (SSSR count). The second kappa shape index (κ2) is 10.2. The summed E-state index contributed by atoms with van der Waals surface area (Å²) in [6.07, 6.45) is 1.71. The van der Waals surface area contributed by atoms with E-state index >= 15 is 0 Å². The first-order chi connectivity index (χ1) is 15.9. The largest absolute Gasteiger partial charge is 0.490 e. The minimum absolute atomic E-state index is 0.248. The zero-order valence-corrected chi connectivity index (χ0v) is 20.9. The lowest BCUT2D eigenvalue weighted by Gasteiger charge is -2.15. The number of esters is 1. The predicted octanol–water partition coefficient (Wildman–Crippen LogP) is 6.23. The molecule has 0 unspecified atom stereocenters. The third kappa shape index (κ3) is 5.45. The van der Waals surface area contributed by atoms with Gasteiger partial charge in [0.25, 0.3) is 0 Å². The van der Waals surface area contributed by atoms with Crippen LogP contribution in [0.25, 0.3) is 6.08 Å². The third-order valence-corrected chi connectivity index (χ3v) is 5.99. The summed E-state index contributed by atoms with van der Waals surface area (Å²) in [5, 5.41) is 0. The van der Waals surface area contributed by atoms with Crippen LogP contribution in [0.15, 0.2) is 71.4 Å². The van der Waals surface area contributed by atoms with E-state index in [1.54, 1.807) is 6.08 Å². The zero-order valence-electron chi connectivity index (χ0n) is 18.7. The molecule has 1 aliphatic rings. The molecule has 3 aromatic carbocycles. The normalized spacial score (nSPS) is 14.2. The van der Waals surface area contributed by atoms with Gasteiger partial charge in [0, 0.05) is 5.56 Å². The molecule has 0 saturated heterocycles. The molecule has 0 fully saturated rings. The number of ether oxygens (including phenoxy) is 3. The Bertz CT molecular complexity index is 1250. The van der Waals surface area contributed by atoms with E-state index in [1.807, 2.05) is 62.4 Å². The SMILES string of the molecule is CCOc1cc(/C=C2\N=C(c3ccc(C)cc3)OC2=O)cc(I)c1OCc1ccccc1C. The molecule has 0 bridgehead atoms. The molecular weight excluding hydrogens is 529 g/mol. The first kappa shape index (κ1) is 23.0. The molecule has 0 amide bonds. The molecule has 6 heteroatoms. The number of aliphatic imine (C=N–C) groups is 1. The smallest absolute Gasteiger partial charge is 0.363 e. The van der Waals surface area contributed by atoms with Crippen molar-refractivity contribution >= 4 is 40.5 Å². The molecule has 0 N–H and O–H groups in total. The van der Waals surface area contributed by atoms with Crippen LogP contribution in [0.1, 0.15) is 34.7 Å². The van der Waals surface area contributed by atoms with Crippen LogP contribution in [-0.4, -0.2) is 18.5 Å². The van der Waals surface area contributed by atoms with E-state index < -0.39 is 5.97 Å². The van der Waals surface area contributed by atoms with Gasteiger partial charge in [0.15, 0.2) is 17.2 Å². The van der Waals surface area contributed by atoms with E-state index in [-0.39, 0.29) is 5.70 Å². The summed E-state index contributed by atoms with van der Waals surface area (Å²) in [7, 11) is 0. The van der Waals surface area contributed by atoms with E-state index in [9.17, 15) is 4.79 Å². The van der Waals surface area contributed by atoms with Gasteiger partial charge in [-0.2, -0.15) is 0 Å². The minimum Gasteiger partial charge on any atom is -0.490 e. The Morgan fingerprint density at radius 2 is 1.79 bits per heavy atom. The van der Waals surface area contributed by atoms with Gasteiger partial charge in [0.05, 0.1) is 10.2 Å². The summed E-state index contributed by atoms with van der Waals surface area (Å²) >= 11 is 2.22. The fourth-order valence-electron chi connectivity index (χ4n) is 3.38. The van der Waals surface area contributed by atoms with Crippen molar-refractivity contribution in [3.63, 3.8) is 0 Å². The Labute approximate surface area is 207 Å². The quantitative estimate of drug-likeness (QED) is 0.198. The molecule has 168 valence electrons. The van der Waals surface area contributed by atoms with Crippen LogP contribution >= 0.6 is 22.6 Å². The second-order valence-corrected chi connectivity index (χ2v) is 8.84. The summed E-state index contributed by atoms with van der Waals surface area (Å²) in [6, 6.07) is 19.6. The fraction of sp³-hybridized carbons (Fsp3) is 0.185. The molecule has 0 radical (unpaired) electrons. The zero-order chi connectivity index (χ0) is 23.4. The van der Waals surface area contributed by atoms with Gasteiger partial charge in [-0.25, -0.2) is 9.79 Å². The summed E-state index contributed by atoms with van der Waals surface area (Å²) < 4.78 is 18.3. The topological polar surface area (TPSA) is 57.1 Å². The van der Waals surface area contributed by atoms with Crippen LogP contribution in [-0.2, 0) is 16.1 Å². The van der Waals surface area contributed by atoms with E-state index in [0.717, 1.165) is 25.8 Å². The number of halogens is 1.